The van der Waals surface area contributed by atoms with Gasteiger partial charge in [0.2, 0.25) is 0 Å². The van der Waals surface area contributed by atoms with Gasteiger partial charge in [0, 0.05) is 42.3 Å². The first kappa shape index (κ1) is 23.5. The molecule has 2 aromatic carbocycles. The van der Waals surface area contributed by atoms with E-state index in [1.54, 1.807) is 37.4 Å². The zero-order valence-electron chi connectivity index (χ0n) is 19.0. The van der Waals surface area contributed by atoms with Gasteiger partial charge in [-0.25, -0.2) is 4.98 Å². The van der Waals surface area contributed by atoms with Crippen molar-refractivity contribution in [1.82, 2.24) is 30.4 Å². The standard InChI is InChI=1S/C24H25ClN6O3/c1-13-20(24(34)27-11-10-19(32)14-4-7-16(25)8-5-14)28-22(31(13)3)15-6-9-17-18(12-15)29-30-21(17)23(33)26-2/h4-9,12,19,32H,10-11H2,1-3H3,(H,26,33)(H,27,34)(H,29,30)/t19-/m1/s1. The molecule has 0 aliphatic carbocycles. The molecule has 0 bridgehead atoms. The van der Waals surface area contributed by atoms with Gasteiger partial charge in [-0.1, -0.05) is 29.8 Å². The third-order valence-electron chi connectivity index (χ3n) is 5.82. The fourth-order valence-electron chi connectivity index (χ4n) is 3.76. The molecular formula is C24H25ClN6O3. The van der Waals surface area contributed by atoms with E-state index >= 15 is 0 Å². The lowest BCUT2D eigenvalue weighted by Gasteiger charge is -2.11. The number of aromatic nitrogens is 4. The molecule has 2 amide bonds. The second-order valence-electron chi connectivity index (χ2n) is 7.95. The van der Waals surface area contributed by atoms with E-state index in [0.29, 0.717) is 45.3 Å². The third kappa shape index (κ3) is 4.52. The Morgan fingerprint density at radius 2 is 1.88 bits per heavy atom. The number of H-pyrrole nitrogens is 1. The van der Waals surface area contributed by atoms with E-state index < -0.39 is 6.10 Å². The van der Waals surface area contributed by atoms with Gasteiger partial charge in [-0.05, 0) is 43.2 Å². The van der Waals surface area contributed by atoms with Crippen molar-refractivity contribution in [3.05, 3.63) is 70.1 Å². The summed E-state index contributed by atoms with van der Waals surface area (Å²) in [6.45, 7) is 2.11. The summed E-state index contributed by atoms with van der Waals surface area (Å²) in [6.07, 6.45) is -0.352. The summed E-state index contributed by atoms with van der Waals surface area (Å²) in [7, 11) is 3.39. The fraction of sp³-hybridized carbons (Fsp3) is 0.250. The molecule has 10 heteroatoms. The van der Waals surface area contributed by atoms with E-state index in [-0.39, 0.29) is 18.4 Å². The molecule has 2 heterocycles. The van der Waals surface area contributed by atoms with E-state index in [4.69, 9.17) is 11.6 Å². The quantitative estimate of drug-likeness (QED) is 0.323. The molecule has 4 N–H and O–H groups in total. The Morgan fingerprint density at radius 3 is 2.59 bits per heavy atom. The van der Waals surface area contributed by atoms with Crippen LogP contribution in [0.3, 0.4) is 0 Å². The van der Waals surface area contributed by atoms with Crippen molar-refractivity contribution < 1.29 is 14.7 Å². The number of aliphatic hydroxyl groups excluding tert-OH is 1. The van der Waals surface area contributed by atoms with Gasteiger partial charge in [-0.3, -0.25) is 14.7 Å². The summed E-state index contributed by atoms with van der Waals surface area (Å²) in [5, 5.41) is 24.0. The monoisotopic (exact) mass is 480 g/mol. The fourth-order valence-corrected chi connectivity index (χ4v) is 3.89. The highest BCUT2D eigenvalue weighted by Crippen LogP contribution is 2.26. The van der Waals surface area contributed by atoms with E-state index in [1.807, 2.05) is 30.7 Å². The van der Waals surface area contributed by atoms with Crippen molar-refractivity contribution in [1.29, 1.82) is 0 Å². The van der Waals surface area contributed by atoms with Crippen LogP contribution in [0, 0.1) is 6.92 Å². The summed E-state index contributed by atoms with van der Waals surface area (Å²) in [5.74, 6) is 0.0287. The van der Waals surface area contributed by atoms with E-state index in [1.165, 1.54) is 0 Å². The van der Waals surface area contributed by atoms with Gasteiger partial charge < -0.3 is 20.3 Å². The molecule has 0 unspecified atom stereocenters. The molecule has 0 fully saturated rings. The zero-order chi connectivity index (χ0) is 24.4. The minimum atomic E-state index is -0.709. The number of hydrogen-bond donors (Lipinski definition) is 4. The van der Waals surface area contributed by atoms with Crippen LogP contribution in [-0.4, -0.2) is 50.3 Å². The van der Waals surface area contributed by atoms with Crippen molar-refractivity contribution in [2.75, 3.05) is 13.6 Å². The van der Waals surface area contributed by atoms with Crippen molar-refractivity contribution >= 4 is 34.3 Å². The molecule has 176 valence electrons. The van der Waals surface area contributed by atoms with E-state index in [0.717, 1.165) is 11.1 Å². The van der Waals surface area contributed by atoms with Crippen LogP contribution in [0.2, 0.25) is 5.02 Å². The van der Waals surface area contributed by atoms with Crippen LogP contribution in [0.15, 0.2) is 42.5 Å². The minimum Gasteiger partial charge on any atom is -0.388 e. The number of amides is 2. The van der Waals surface area contributed by atoms with Crippen LogP contribution in [0.5, 0.6) is 0 Å². The van der Waals surface area contributed by atoms with Gasteiger partial charge in [-0.15, -0.1) is 0 Å². The molecule has 4 rings (SSSR count). The lowest BCUT2D eigenvalue weighted by Crippen LogP contribution is -2.26. The Kier molecular flexibility index (Phi) is 6.67. The molecule has 34 heavy (non-hydrogen) atoms. The number of nitrogens with zero attached hydrogens (tertiary/aromatic N) is 3. The average Bonchev–Trinajstić information content (AvgIpc) is 3.39. The van der Waals surface area contributed by atoms with Gasteiger partial charge in [0.25, 0.3) is 11.8 Å². The smallest absolute Gasteiger partial charge is 0.272 e. The molecule has 0 aliphatic rings. The van der Waals surface area contributed by atoms with Crippen LogP contribution in [0.1, 0.15) is 44.8 Å². The first-order valence-corrected chi connectivity index (χ1v) is 11.1. The minimum absolute atomic E-state index is 0.271. The second kappa shape index (κ2) is 9.66. The highest BCUT2D eigenvalue weighted by molar-refractivity contribution is 6.30. The molecular weight excluding hydrogens is 456 g/mol. The third-order valence-corrected chi connectivity index (χ3v) is 6.07. The van der Waals surface area contributed by atoms with Crippen molar-refractivity contribution in [3.63, 3.8) is 0 Å². The van der Waals surface area contributed by atoms with Crippen LogP contribution in [-0.2, 0) is 7.05 Å². The number of carbonyl (C=O) groups excluding carboxylic acids is 2. The molecule has 0 saturated carbocycles. The number of aliphatic hydroxyl groups is 1. The molecule has 1 atom stereocenters. The van der Waals surface area contributed by atoms with E-state index in [2.05, 4.69) is 25.8 Å². The molecule has 2 aromatic heterocycles. The van der Waals surface area contributed by atoms with Crippen LogP contribution >= 0.6 is 11.6 Å². The maximum atomic E-state index is 12.8. The van der Waals surface area contributed by atoms with Crippen molar-refractivity contribution in [2.24, 2.45) is 7.05 Å². The van der Waals surface area contributed by atoms with Crippen LogP contribution in [0.4, 0.5) is 0 Å². The number of imidazole rings is 1. The summed E-state index contributed by atoms with van der Waals surface area (Å²) in [6, 6.07) is 12.5. The van der Waals surface area contributed by atoms with Crippen LogP contribution < -0.4 is 10.6 Å². The van der Waals surface area contributed by atoms with Gasteiger partial charge in [0.15, 0.2) is 5.69 Å². The molecule has 0 saturated heterocycles. The van der Waals surface area contributed by atoms with Crippen molar-refractivity contribution in [3.8, 4) is 11.4 Å². The Labute approximate surface area is 201 Å². The van der Waals surface area contributed by atoms with Gasteiger partial charge in [-0.2, -0.15) is 5.10 Å². The lowest BCUT2D eigenvalue weighted by molar-refractivity contribution is 0.0934. The Morgan fingerprint density at radius 1 is 1.15 bits per heavy atom. The molecule has 4 aromatic rings. The highest BCUT2D eigenvalue weighted by Gasteiger charge is 2.20. The number of hydrogen-bond acceptors (Lipinski definition) is 5. The van der Waals surface area contributed by atoms with Crippen LogP contribution in [0.25, 0.3) is 22.3 Å². The first-order chi connectivity index (χ1) is 16.3. The largest absolute Gasteiger partial charge is 0.388 e. The average molecular weight is 481 g/mol. The number of nitrogens with one attached hydrogen (secondary N) is 3. The normalized spacial score (nSPS) is 12.0. The second-order valence-corrected chi connectivity index (χ2v) is 8.39. The highest BCUT2D eigenvalue weighted by atomic mass is 35.5. The topological polar surface area (TPSA) is 125 Å². The molecule has 0 radical (unpaired) electrons. The first-order valence-electron chi connectivity index (χ1n) is 10.8. The molecule has 0 spiro atoms. The maximum absolute atomic E-state index is 12.8. The van der Waals surface area contributed by atoms with Gasteiger partial charge in [0.1, 0.15) is 11.5 Å². The number of benzene rings is 2. The number of halogens is 1. The number of carbonyl (C=O) groups is 2. The summed E-state index contributed by atoms with van der Waals surface area (Å²) in [4.78, 5) is 29.3. The Balaban J connectivity index is 1.48. The SMILES string of the molecule is CNC(=O)c1n[nH]c2cc(-c3nc(C(=O)NCC[C@@H](O)c4ccc(Cl)cc4)c(C)n3C)ccc12. The number of aromatic amines is 1. The lowest BCUT2D eigenvalue weighted by atomic mass is 10.1. The Hall–Kier alpha value is -3.69. The van der Waals surface area contributed by atoms with Gasteiger partial charge in [0.05, 0.1) is 11.6 Å². The zero-order valence-corrected chi connectivity index (χ0v) is 19.8. The predicted molar refractivity (Wildman–Crippen MR) is 130 cm³/mol. The van der Waals surface area contributed by atoms with Gasteiger partial charge >= 0.3 is 0 Å². The Bertz CT molecular complexity index is 1360. The summed E-state index contributed by atoms with van der Waals surface area (Å²) >= 11 is 5.88. The predicted octanol–water partition coefficient (Wildman–Crippen LogP) is 3.14. The number of rotatable bonds is 7. The van der Waals surface area contributed by atoms with E-state index in [9.17, 15) is 14.7 Å². The molecule has 9 nitrogen and oxygen atoms in total. The van der Waals surface area contributed by atoms with Crippen molar-refractivity contribution in [2.45, 2.75) is 19.4 Å². The summed E-state index contributed by atoms with van der Waals surface area (Å²) < 4.78 is 1.84. The summed E-state index contributed by atoms with van der Waals surface area (Å²) in [5.41, 5.74) is 3.56. The maximum Gasteiger partial charge on any atom is 0.272 e. The molecule has 0 aliphatic heterocycles. The number of fused-ring (bicyclic) bond motifs is 1.